The molecule has 0 aliphatic heterocycles. The molecule has 0 radical (unpaired) electrons. The van der Waals surface area contributed by atoms with Crippen LogP contribution in [-0.2, 0) is 4.79 Å². The number of nitrogens with zero attached hydrogens (tertiary/aromatic N) is 1. The second-order valence-corrected chi connectivity index (χ2v) is 7.81. The molecule has 0 fully saturated rings. The molecule has 0 atom stereocenters. The fraction of sp³-hybridized carbons (Fsp3) is 0.296. The maximum Gasteiger partial charge on any atom is 0.251 e. The quantitative estimate of drug-likeness (QED) is 0.248. The highest BCUT2D eigenvalue weighted by molar-refractivity contribution is 6.02. The van der Waals surface area contributed by atoms with Gasteiger partial charge in [0.1, 0.15) is 5.75 Å². The van der Waals surface area contributed by atoms with Crippen molar-refractivity contribution in [1.29, 1.82) is 0 Å². The number of amides is 2. The first-order chi connectivity index (χ1) is 16.1. The standard InChI is InChI=1S/C27H31N3O3/c1-3-33-25-17-16-21(23-13-8-9-14-24(23)25)19-29-30-26(31)15-5-4-10-18-28-27(32)22-12-7-6-11-20(22)2/h6-9,11-14,16-17,19H,3-5,10,15,18H2,1-2H3,(H,28,32)(H,30,31)/b29-19-. The number of benzene rings is 3. The molecule has 3 aromatic carbocycles. The van der Waals surface area contributed by atoms with Gasteiger partial charge in [-0.15, -0.1) is 0 Å². The number of carbonyl (C=O) groups excluding carboxylic acids is 2. The average molecular weight is 446 g/mol. The summed E-state index contributed by atoms with van der Waals surface area (Å²) in [5.41, 5.74) is 5.18. The van der Waals surface area contributed by atoms with Crippen molar-refractivity contribution in [2.24, 2.45) is 5.10 Å². The number of hydrogen-bond acceptors (Lipinski definition) is 4. The van der Waals surface area contributed by atoms with Crippen molar-refractivity contribution >= 4 is 28.8 Å². The van der Waals surface area contributed by atoms with Gasteiger partial charge in [0.05, 0.1) is 12.8 Å². The van der Waals surface area contributed by atoms with Crippen LogP contribution >= 0.6 is 0 Å². The van der Waals surface area contributed by atoms with E-state index >= 15 is 0 Å². The van der Waals surface area contributed by atoms with E-state index in [1.54, 1.807) is 6.21 Å². The zero-order valence-corrected chi connectivity index (χ0v) is 19.3. The summed E-state index contributed by atoms with van der Waals surface area (Å²) in [4.78, 5) is 24.3. The van der Waals surface area contributed by atoms with Crippen molar-refractivity contribution in [3.63, 3.8) is 0 Å². The number of rotatable bonds is 11. The molecule has 0 unspecified atom stereocenters. The lowest BCUT2D eigenvalue weighted by Crippen LogP contribution is -2.25. The van der Waals surface area contributed by atoms with Crippen LogP contribution in [0, 0.1) is 6.92 Å². The normalized spacial score (nSPS) is 11.0. The van der Waals surface area contributed by atoms with Crippen LogP contribution in [0.1, 0.15) is 54.1 Å². The van der Waals surface area contributed by atoms with Crippen molar-refractivity contribution in [2.75, 3.05) is 13.2 Å². The first kappa shape index (κ1) is 24.0. The second kappa shape index (κ2) is 12.4. The Morgan fingerprint density at radius 2 is 1.70 bits per heavy atom. The molecule has 6 heteroatoms. The molecule has 0 spiro atoms. The molecule has 2 amide bonds. The summed E-state index contributed by atoms with van der Waals surface area (Å²) in [5, 5.41) is 9.10. The third kappa shape index (κ3) is 6.91. The van der Waals surface area contributed by atoms with Crippen molar-refractivity contribution in [3.05, 3.63) is 77.4 Å². The number of hydrazone groups is 1. The SMILES string of the molecule is CCOc1ccc(/C=N\NC(=O)CCCCCNC(=O)c2ccccc2C)c2ccccc12. The van der Waals surface area contributed by atoms with Gasteiger partial charge >= 0.3 is 0 Å². The zero-order valence-electron chi connectivity index (χ0n) is 19.3. The molecule has 0 heterocycles. The summed E-state index contributed by atoms with van der Waals surface area (Å²) in [5.74, 6) is 0.664. The van der Waals surface area contributed by atoms with Gasteiger partial charge in [0, 0.05) is 29.5 Å². The van der Waals surface area contributed by atoms with Crippen LogP contribution in [0.2, 0.25) is 0 Å². The monoisotopic (exact) mass is 445 g/mol. The highest BCUT2D eigenvalue weighted by Crippen LogP contribution is 2.27. The Morgan fingerprint density at radius 1 is 0.939 bits per heavy atom. The van der Waals surface area contributed by atoms with Gasteiger partial charge in [-0.25, -0.2) is 5.43 Å². The lowest BCUT2D eigenvalue weighted by Gasteiger charge is -2.09. The summed E-state index contributed by atoms with van der Waals surface area (Å²) < 4.78 is 5.69. The molecule has 0 aliphatic rings. The molecule has 0 aromatic heterocycles. The van der Waals surface area contributed by atoms with Gasteiger partial charge in [0.25, 0.3) is 5.91 Å². The summed E-state index contributed by atoms with van der Waals surface area (Å²) in [7, 11) is 0. The van der Waals surface area contributed by atoms with Crippen LogP contribution in [0.15, 0.2) is 65.8 Å². The van der Waals surface area contributed by atoms with Gasteiger partial charge in [0.15, 0.2) is 0 Å². The molecule has 3 aromatic rings. The number of ether oxygens (including phenoxy) is 1. The Bertz CT molecular complexity index is 1120. The molecule has 3 rings (SSSR count). The molecule has 2 N–H and O–H groups in total. The van der Waals surface area contributed by atoms with E-state index in [9.17, 15) is 9.59 Å². The number of hydrogen-bond donors (Lipinski definition) is 2. The highest BCUT2D eigenvalue weighted by Gasteiger charge is 2.07. The fourth-order valence-electron chi connectivity index (χ4n) is 3.63. The van der Waals surface area contributed by atoms with E-state index in [1.807, 2.05) is 74.5 Å². The number of aryl methyl sites for hydroxylation is 1. The summed E-state index contributed by atoms with van der Waals surface area (Å²) >= 11 is 0. The van der Waals surface area contributed by atoms with Crippen molar-refractivity contribution < 1.29 is 14.3 Å². The molecular weight excluding hydrogens is 414 g/mol. The van der Waals surface area contributed by atoms with Gasteiger partial charge in [-0.3, -0.25) is 9.59 Å². The van der Waals surface area contributed by atoms with Gasteiger partial charge in [-0.1, -0.05) is 48.9 Å². The minimum atomic E-state index is -0.120. The molecule has 0 saturated heterocycles. The van der Waals surface area contributed by atoms with Crippen LogP contribution in [0.4, 0.5) is 0 Å². The number of fused-ring (bicyclic) bond motifs is 1. The van der Waals surface area contributed by atoms with Gasteiger partial charge in [-0.05, 0) is 55.8 Å². The summed E-state index contributed by atoms with van der Waals surface area (Å²) in [6.07, 6.45) is 4.48. The third-order valence-corrected chi connectivity index (χ3v) is 5.37. The van der Waals surface area contributed by atoms with E-state index in [-0.39, 0.29) is 11.8 Å². The predicted octanol–water partition coefficient (Wildman–Crippen LogP) is 4.99. The maximum absolute atomic E-state index is 12.2. The molecule has 6 nitrogen and oxygen atoms in total. The van der Waals surface area contributed by atoms with Crippen LogP contribution in [0.5, 0.6) is 5.75 Å². The first-order valence-electron chi connectivity index (χ1n) is 11.4. The Balaban J connectivity index is 1.38. The Morgan fingerprint density at radius 3 is 2.48 bits per heavy atom. The fourth-order valence-corrected chi connectivity index (χ4v) is 3.63. The molecule has 0 aliphatic carbocycles. The van der Waals surface area contributed by atoms with Crippen molar-refractivity contribution in [2.45, 2.75) is 39.5 Å². The highest BCUT2D eigenvalue weighted by atomic mass is 16.5. The van der Waals surface area contributed by atoms with E-state index < -0.39 is 0 Å². The minimum Gasteiger partial charge on any atom is -0.493 e. The lowest BCUT2D eigenvalue weighted by molar-refractivity contribution is -0.121. The number of unbranched alkanes of at least 4 members (excludes halogenated alkanes) is 2. The van der Waals surface area contributed by atoms with E-state index in [2.05, 4.69) is 15.8 Å². The molecular formula is C27H31N3O3. The Kier molecular flexibility index (Phi) is 9.00. The zero-order chi connectivity index (χ0) is 23.5. The predicted molar refractivity (Wildman–Crippen MR) is 133 cm³/mol. The Labute approximate surface area is 195 Å². The largest absolute Gasteiger partial charge is 0.493 e. The van der Waals surface area contributed by atoms with E-state index in [0.717, 1.165) is 46.9 Å². The van der Waals surface area contributed by atoms with Crippen LogP contribution < -0.4 is 15.5 Å². The van der Waals surface area contributed by atoms with E-state index in [4.69, 9.17) is 4.74 Å². The van der Waals surface area contributed by atoms with Gasteiger partial charge < -0.3 is 10.1 Å². The molecule has 33 heavy (non-hydrogen) atoms. The Hall–Kier alpha value is -3.67. The first-order valence-corrected chi connectivity index (χ1v) is 11.4. The van der Waals surface area contributed by atoms with Crippen LogP contribution in [0.3, 0.4) is 0 Å². The average Bonchev–Trinajstić information content (AvgIpc) is 2.83. The summed E-state index contributed by atoms with van der Waals surface area (Å²) in [6.45, 7) is 5.08. The van der Waals surface area contributed by atoms with E-state index in [1.165, 1.54) is 0 Å². The summed E-state index contributed by atoms with van der Waals surface area (Å²) in [6, 6.07) is 19.4. The van der Waals surface area contributed by atoms with Crippen LogP contribution in [-0.4, -0.2) is 31.2 Å². The number of nitrogens with one attached hydrogen (secondary N) is 2. The maximum atomic E-state index is 12.2. The van der Waals surface area contributed by atoms with Gasteiger partial charge in [0.2, 0.25) is 5.91 Å². The smallest absolute Gasteiger partial charge is 0.251 e. The topological polar surface area (TPSA) is 79.8 Å². The molecule has 172 valence electrons. The molecule has 0 saturated carbocycles. The van der Waals surface area contributed by atoms with E-state index in [0.29, 0.717) is 25.1 Å². The second-order valence-electron chi connectivity index (χ2n) is 7.81. The third-order valence-electron chi connectivity index (χ3n) is 5.37. The van der Waals surface area contributed by atoms with Crippen molar-refractivity contribution in [1.82, 2.24) is 10.7 Å². The molecule has 0 bridgehead atoms. The van der Waals surface area contributed by atoms with Crippen molar-refractivity contribution in [3.8, 4) is 5.75 Å². The van der Waals surface area contributed by atoms with Gasteiger partial charge in [-0.2, -0.15) is 5.10 Å². The van der Waals surface area contributed by atoms with Crippen LogP contribution in [0.25, 0.3) is 10.8 Å². The lowest BCUT2D eigenvalue weighted by atomic mass is 10.0. The minimum absolute atomic E-state index is 0.0537. The number of carbonyl (C=O) groups is 2.